The Morgan fingerprint density at radius 1 is 1.60 bits per heavy atom. The summed E-state index contributed by atoms with van der Waals surface area (Å²) >= 11 is 5.98. The van der Waals surface area contributed by atoms with Gasteiger partial charge in [-0.1, -0.05) is 11.6 Å². The van der Waals surface area contributed by atoms with E-state index in [4.69, 9.17) is 16.3 Å². The van der Waals surface area contributed by atoms with Crippen LogP contribution < -0.4 is 10.1 Å². The van der Waals surface area contributed by atoms with Crippen LogP contribution in [0.25, 0.3) is 5.52 Å². The van der Waals surface area contributed by atoms with Gasteiger partial charge in [-0.2, -0.15) is 10.1 Å². The van der Waals surface area contributed by atoms with Crippen LogP contribution in [0, 0.1) is 12.8 Å². The predicted molar refractivity (Wildman–Crippen MR) is 73.9 cm³/mol. The number of halogens is 1. The van der Waals surface area contributed by atoms with E-state index in [1.807, 2.05) is 13.8 Å². The molecule has 1 unspecified atom stereocenters. The molecular formula is C13H15ClN4O2. The van der Waals surface area contributed by atoms with Crippen molar-refractivity contribution in [3.63, 3.8) is 0 Å². The highest BCUT2D eigenvalue weighted by molar-refractivity contribution is 6.29. The zero-order chi connectivity index (χ0) is 14.3. The van der Waals surface area contributed by atoms with E-state index in [0.29, 0.717) is 24.0 Å². The number of ether oxygens (including phenoxy) is 1. The Bertz CT molecular complexity index is 670. The van der Waals surface area contributed by atoms with Crippen LogP contribution in [0.1, 0.15) is 18.9 Å². The molecule has 0 saturated carbocycles. The van der Waals surface area contributed by atoms with Gasteiger partial charge in [-0.3, -0.25) is 4.79 Å². The van der Waals surface area contributed by atoms with Crippen molar-refractivity contribution in [2.45, 2.75) is 26.4 Å². The lowest BCUT2D eigenvalue weighted by molar-refractivity contribution is -0.119. The van der Waals surface area contributed by atoms with Crippen LogP contribution in [-0.4, -0.2) is 33.2 Å². The van der Waals surface area contributed by atoms with Gasteiger partial charge in [-0.15, -0.1) is 0 Å². The molecule has 1 aliphatic rings. The third-order valence-electron chi connectivity index (χ3n) is 3.59. The van der Waals surface area contributed by atoms with Gasteiger partial charge in [-0.25, -0.2) is 4.52 Å². The fourth-order valence-electron chi connectivity index (χ4n) is 2.41. The van der Waals surface area contributed by atoms with Crippen LogP contribution in [0.2, 0.25) is 5.15 Å². The summed E-state index contributed by atoms with van der Waals surface area (Å²) in [7, 11) is 0. The quantitative estimate of drug-likeness (QED) is 0.933. The normalized spacial score (nSPS) is 20.1. The molecule has 20 heavy (non-hydrogen) atoms. The second-order valence-electron chi connectivity index (χ2n) is 5.08. The molecule has 1 N–H and O–H groups in total. The number of carbonyl (C=O) groups is 1. The van der Waals surface area contributed by atoms with E-state index in [1.54, 1.807) is 16.9 Å². The van der Waals surface area contributed by atoms with Crippen LogP contribution in [0.5, 0.6) is 5.88 Å². The zero-order valence-corrected chi connectivity index (χ0v) is 12.0. The number of carbonyl (C=O) groups excluding carboxylic acids is 1. The topological polar surface area (TPSA) is 68.5 Å². The van der Waals surface area contributed by atoms with Crippen molar-refractivity contribution in [1.29, 1.82) is 0 Å². The van der Waals surface area contributed by atoms with Gasteiger partial charge in [-0.05, 0) is 13.8 Å². The third-order valence-corrected chi connectivity index (χ3v) is 3.77. The van der Waals surface area contributed by atoms with E-state index in [1.165, 1.54) is 0 Å². The number of hydrogen-bond donors (Lipinski definition) is 1. The summed E-state index contributed by atoms with van der Waals surface area (Å²) in [5, 5.41) is 7.33. The van der Waals surface area contributed by atoms with Crippen molar-refractivity contribution < 1.29 is 9.53 Å². The molecule has 2 atom stereocenters. The number of aromatic nitrogens is 3. The number of hydrogen-bond acceptors (Lipinski definition) is 4. The van der Waals surface area contributed by atoms with Crippen molar-refractivity contribution in [1.82, 2.24) is 19.9 Å². The number of nitrogens with zero attached hydrogens (tertiary/aromatic N) is 3. The fourth-order valence-corrected chi connectivity index (χ4v) is 2.58. The molecule has 1 aliphatic heterocycles. The minimum absolute atomic E-state index is 0.0650. The minimum atomic E-state index is -0.127. The zero-order valence-electron chi connectivity index (χ0n) is 11.3. The minimum Gasteiger partial charge on any atom is -0.473 e. The molecule has 0 aliphatic carbocycles. The first-order valence-corrected chi connectivity index (χ1v) is 6.86. The van der Waals surface area contributed by atoms with Gasteiger partial charge >= 0.3 is 0 Å². The van der Waals surface area contributed by atoms with Gasteiger partial charge in [0.1, 0.15) is 11.6 Å². The maximum Gasteiger partial charge on any atom is 0.242 e. The molecule has 1 saturated heterocycles. The Balaban J connectivity index is 1.90. The summed E-state index contributed by atoms with van der Waals surface area (Å²) in [4.78, 5) is 15.5. The molecular weight excluding hydrogens is 280 g/mol. The molecule has 0 aromatic carbocycles. The van der Waals surface area contributed by atoms with Crippen molar-refractivity contribution in [2.24, 2.45) is 5.92 Å². The lowest BCUT2D eigenvalue weighted by Gasteiger charge is -2.19. The Morgan fingerprint density at radius 2 is 2.40 bits per heavy atom. The van der Waals surface area contributed by atoms with Crippen LogP contribution in [0.3, 0.4) is 0 Å². The molecule has 3 rings (SSSR count). The molecule has 1 amide bonds. The molecule has 6 nitrogen and oxygen atoms in total. The first kappa shape index (κ1) is 13.2. The van der Waals surface area contributed by atoms with Crippen LogP contribution in [0.4, 0.5) is 0 Å². The second-order valence-corrected chi connectivity index (χ2v) is 5.47. The molecule has 2 aromatic rings. The van der Waals surface area contributed by atoms with Gasteiger partial charge in [0.05, 0.1) is 12.4 Å². The Hall–Kier alpha value is -1.82. The van der Waals surface area contributed by atoms with Crippen LogP contribution >= 0.6 is 11.6 Å². The number of rotatable bonds is 3. The van der Waals surface area contributed by atoms with E-state index < -0.39 is 0 Å². The number of aryl methyl sites for hydroxylation is 1. The molecule has 106 valence electrons. The van der Waals surface area contributed by atoms with Gasteiger partial charge in [0.25, 0.3) is 0 Å². The van der Waals surface area contributed by atoms with E-state index in [2.05, 4.69) is 15.4 Å². The number of fused-ring (bicyclic) bond motifs is 1. The van der Waals surface area contributed by atoms with E-state index in [9.17, 15) is 4.79 Å². The molecule has 3 heterocycles. The fraction of sp³-hybridized carbons (Fsp3) is 0.462. The lowest BCUT2D eigenvalue weighted by atomic mass is 10.0. The van der Waals surface area contributed by atoms with Gasteiger partial charge in [0.2, 0.25) is 11.8 Å². The first-order chi connectivity index (χ1) is 9.54. The summed E-state index contributed by atoms with van der Waals surface area (Å²) in [6, 6.07) is 0. The monoisotopic (exact) mass is 294 g/mol. The molecule has 0 spiro atoms. The van der Waals surface area contributed by atoms with Crippen LogP contribution in [0.15, 0.2) is 12.4 Å². The highest BCUT2D eigenvalue weighted by atomic mass is 35.5. The van der Waals surface area contributed by atoms with Crippen LogP contribution in [-0.2, 0) is 4.79 Å². The number of nitrogens with one attached hydrogen (secondary N) is 1. The molecule has 2 aromatic heterocycles. The molecule has 1 fully saturated rings. The molecule has 0 radical (unpaired) electrons. The van der Waals surface area contributed by atoms with Crippen molar-refractivity contribution in [2.75, 3.05) is 6.54 Å². The lowest BCUT2D eigenvalue weighted by Crippen LogP contribution is -2.26. The summed E-state index contributed by atoms with van der Waals surface area (Å²) < 4.78 is 7.59. The van der Waals surface area contributed by atoms with E-state index in [-0.39, 0.29) is 17.9 Å². The average Bonchev–Trinajstić information content (AvgIpc) is 2.96. The largest absolute Gasteiger partial charge is 0.473 e. The van der Waals surface area contributed by atoms with Gasteiger partial charge in [0, 0.05) is 24.4 Å². The maximum atomic E-state index is 11.3. The summed E-state index contributed by atoms with van der Waals surface area (Å²) in [6.07, 6.45) is 3.74. The van der Waals surface area contributed by atoms with Crippen molar-refractivity contribution in [3.05, 3.63) is 23.1 Å². The summed E-state index contributed by atoms with van der Waals surface area (Å²) in [6.45, 7) is 4.51. The van der Waals surface area contributed by atoms with Crippen molar-refractivity contribution >= 4 is 23.0 Å². The highest BCUT2D eigenvalue weighted by Crippen LogP contribution is 2.26. The Kier molecular flexibility index (Phi) is 3.25. The smallest absolute Gasteiger partial charge is 0.242 e. The average molecular weight is 295 g/mol. The Morgan fingerprint density at radius 3 is 3.10 bits per heavy atom. The van der Waals surface area contributed by atoms with Gasteiger partial charge in [0.15, 0.2) is 5.15 Å². The molecule has 7 heteroatoms. The SMILES string of the molecule is Cc1cnn2cc(Cl)nc(O[C@H](C)C3CNC(=O)C3)c12. The summed E-state index contributed by atoms with van der Waals surface area (Å²) in [5.41, 5.74) is 1.77. The maximum absolute atomic E-state index is 11.3. The standard InChI is InChI=1S/C13H15ClN4O2/c1-7-4-16-18-6-10(14)17-13(12(7)18)20-8(2)9-3-11(19)15-5-9/h4,6,8-9H,3,5H2,1-2H3,(H,15,19)/t8-,9?/m1/s1. The van der Waals surface area contributed by atoms with Crippen molar-refractivity contribution in [3.8, 4) is 5.88 Å². The van der Waals surface area contributed by atoms with E-state index >= 15 is 0 Å². The second kappa shape index (κ2) is 4.94. The van der Waals surface area contributed by atoms with Gasteiger partial charge < -0.3 is 10.1 Å². The first-order valence-electron chi connectivity index (χ1n) is 6.48. The highest BCUT2D eigenvalue weighted by Gasteiger charge is 2.28. The Labute approximate surface area is 121 Å². The number of amides is 1. The molecule has 0 bridgehead atoms. The summed E-state index contributed by atoms with van der Waals surface area (Å²) in [5.74, 6) is 0.668. The third kappa shape index (κ3) is 2.31. The van der Waals surface area contributed by atoms with E-state index in [0.717, 1.165) is 11.1 Å². The predicted octanol–water partition coefficient (Wildman–Crippen LogP) is 1.59.